The fourth-order valence-corrected chi connectivity index (χ4v) is 5.50. The second-order valence-electron chi connectivity index (χ2n) is 6.78. The molecule has 26 heavy (non-hydrogen) atoms. The Morgan fingerprint density at radius 3 is 2.15 bits per heavy atom. The van der Waals surface area contributed by atoms with Crippen LogP contribution in [0.2, 0.25) is 0 Å². The van der Waals surface area contributed by atoms with Crippen molar-refractivity contribution in [2.75, 3.05) is 31.1 Å². The number of nitriles is 1. The van der Waals surface area contributed by atoms with Crippen LogP contribution in [0.5, 0.6) is 0 Å². The summed E-state index contributed by atoms with van der Waals surface area (Å²) < 4.78 is 27.9. The van der Waals surface area contributed by atoms with Crippen LogP contribution in [0.15, 0.2) is 41.3 Å². The Hall–Kier alpha value is -2.36. The Balaban J connectivity index is 1.80. The zero-order valence-corrected chi connectivity index (χ0v) is 16.2. The van der Waals surface area contributed by atoms with Gasteiger partial charge in [0.1, 0.15) is 0 Å². The van der Waals surface area contributed by atoms with Gasteiger partial charge >= 0.3 is 0 Å². The van der Waals surface area contributed by atoms with Gasteiger partial charge in [-0.3, -0.25) is 0 Å². The van der Waals surface area contributed by atoms with Gasteiger partial charge in [-0.05, 0) is 50.1 Å². The van der Waals surface area contributed by atoms with E-state index < -0.39 is 10.0 Å². The van der Waals surface area contributed by atoms with Crippen molar-refractivity contribution in [3.63, 3.8) is 0 Å². The summed E-state index contributed by atoms with van der Waals surface area (Å²) in [4.78, 5) is 2.56. The molecule has 0 bridgehead atoms. The van der Waals surface area contributed by atoms with Crippen molar-refractivity contribution < 1.29 is 8.42 Å². The lowest BCUT2D eigenvalue weighted by Gasteiger charge is -2.36. The van der Waals surface area contributed by atoms with Gasteiger partial charge in [-0.15, -0.1) is 0 Å². The molecule has 2 aromatic rings. The Morgan fingerprint density at radius 2 is 1.58 bits per heavy atom. The minimum Gasteiger partial charge on any atom is -0.369 e. The van der Waals surface area contributed by atoms with Crippen LogP contribution in [0.25, 0.3) is 0 Å². The molecule has 3 rings (SSSR count). The van der Waals surface area contributed by atoms with Gasteiger partial charge in [0.15, 0.2) is 0 Å². The summed E-state index contributed by atoms with van der Waals surface area (Å²) in [7, 11) is -3.50. The van der Waals surface area contributed by atoms with Crippen molar-refractivity contribution in [1.82, 2.24) is 4.31 Å². The first-order chi connectivity index (χ1) is 12.3. The van der Waals surface area contributed by atoms with Gasteiger partial charge in [0.05, 0.1) is 16.5 Å². The molecule has 1 aliphatic rings. The topological polar surface area (TPSA) is 64.4 Å². The number of hydrogen-bond acceptors (Lipinski definition) is 4. The number of rotatable bonds is 3. The van der Waals surface area contributed by atoms with Crippen LogP contribution in [-0.4, -0.2) is 38.9 Å². The fraction of sp³-hybridized carbons (Fsp3) is 0.350. The standard InChI is InChI=1S/C20H23N3O2S/c1-15-11-16(2)20(17(3)12-15)26(24,25)23-9-7-22(8-10-23)19-6-4-5-18(13-19)14-21/h4-6,11-13H,7-10H2,1-3H3. The third-order valence-corrected chi connectivity index (χ3v) is 6.99. The SMILES string of the molecule is Cc1cc(C)c(S(=O)(=O)N2CCN(c3cccc(C#N)c3)CC2)c(C)c1. The highest BCUT2D eigenvalue weighted by atomic mass is 32.2. The van der Waals surface area contributed by atoms with Crippen LogP contribution in [0, 0.1) is 32.1 Å². The van der Waals surface area contributed by atoms with Crippen LogP contribution in [0.3, 0.4) is 0 Å². The van der Waals surface area contributed by atoms with Gasteiger partial charge in [0.25, 0.3) is 0 Å². The molecule has 0 spiro atoms. The van der Waals surface area contributed by atoms with Crippen molar-refractivity contribution in [2.24, 2.45) is 0 Å². The van der Waals surface area contributed by atoms with Gasteiger partial charge in [-0.1, -0.05) is 23.8 Å². The highest BCUT2D eigenvalue weighted by Gasteiger charge is 2.31. The maximum absolute atomic E-state index is 13.1. The van der Waals surface area contributed by atoms with Crippen molar-refractivity contribution >= 4 is 15.7 Å². The van der Waals surface area contributed by atoms with Crippen LogP contribution in [-0.2, 0) is 10.0 Å². The molecule has 1 saturated heterocycles. The highest BCUT2D eigenvalue weighted by molar-refractivity contribution is 7.89. The number of anilines is 1. The Kier molecular flexibility index (Phi) is 5.03. The number of piperazine rings is 1. The quantitative estimate of drug-likeness (QED) is 0.834. The molecule has 1 aliphatic heterocycles. The van der Waals surface area contributed by atoms with Crippen LogP contribution < -0.4 is 4.90 Å². The van der Waals surface area contributed by atoms with Gasteiger partial charge in [0.2, 0.25) is 10.0 Å². The third kappa shape index (κ3) is 3.46. The van der Waals surface area contributed by atoms with E-state index in [1.165, 1.54) is 0 Å². The van der Waals surface area contributed by atoms with E-state index in [1.54, 1.807) is 10.4 Å². The Labute approximate surface area is 155 Å². The van der Waals surface area contributed by atoms with Crippen LogP contribution in [0.1, 0.15) is 22.3 Å². The number of sulfonamides is 1. The van der Waals surface area contributed by atoms with Crippen molar-refractivity contribution in [3.05, 3.63) is 58.7 Å². The van der Waals surface area contributed by atoms with Gasteiger partial charge in [-0.25, -0.2) is 8.42 Å². The van der Waals surface area contributed by atoms with E-state index in [0.29, 0.717) is 36.6 Å². The summed E-state index contributed by atoms with van der Waals surface area (Å²) in [5.74, 6) is 0. The normalized spacial score (nSPS) is 15.7. The van der Waals surface area contributed by atoms with E-state index >= 15 is 0 Å². The molecule has 2 aromatic carbocycles. The zero-order chi connectivity index (χ0) is 18.9. The first-order valence-electron chi connectivity index (χ1n) is 8.66. The molecular formula is C20H23N3O2S. The number of benzene rings is 2. The third-order valence-electron chi connectivity index (χ3n) is 4.78. The van der Waals surface area contributed by atoms with Gasteiger partial charge in [-0.2, -0.15) is 9.57 Å². The molecule has 5 nitrogen and oxygen atoms in total. The lowest BCUT2D eigenvalue weighted by molar-refractivity contribution is 0.384. The second-order valence-corrected chi connectivity index (χ2v) is 8.66. The maximum Gasteiger partial charge on any atom is 0.243 e. The van der Waals surface area contributed by atoms with E-state index in [-0.39, 0.29) is 0 Å². The Bertz CT molecular complexity index is 946. The van der Waals surface area contributed by atoms with E-state index in [1.807, 2.05) is 51.1 Å². The van der Waals surface area contributed by atoms with Crippen molar-refractivity contribution in [1.29, 1.82) is 5.26 Å². The zero-order valence-electron chi connectivity index (χ0n) is 15.4. The first kappa shape index (κ1) is 18.4. The largest absolute Gasteiger partial charge is 0.369 e. The summed E-state index contributed by atoms with van der Waals surface area (Å²) in [6.45, 7) is 7.78. The smallest absolute Gasteiger partial charge is 0.243 e. The van der Waals surface area contributed by atoms with Gasteiger partial charge < -0.3 is 4.90 Å². The molecule has 0 aliphatic carbocycles. The summed E-state index contributed by atoms with van der Waals surface area (Å²) in [5, 5.41) is 9.05. The van der Waals surface area contributed by atoms with Crippen molar-refractivity contribution in [3.8, 4) is 6.07 Å². The second kappa shape index (κ2) is 7.10. The predicted octanol–water partition coefficient (Wildman–Crippen LogP) is 2.99. The maximum atomic E-state index is 13.1. The first-order valence-corrected chi connectivity index (χ1v) is 10.1. The molecule has 1 fully saturated rings. The minimum atomic E-state index is -3.50. The fourth-order valence-electron chi connectivity index (χ4n) is 3.66. The molecule has 0 atom stereocenters. The van der Waals surface area contributed by atoms with Gasteiger partial charge in [0, 0.05) is 31.9 Å². The molecule has 0 unspecified atom stereocenters. The molecule has 0 amide bonds. The minimum absolute atomic E-state index is 0.433. The number of nitrogens with zero attached hydrogens (tertiary/aromatic N) is 3. The highest BCUT2D eigenvalue weighted by Crippen LogP contribution is 2.27. The molecule has 0 radical (unpaired) electrons. The molecular weight excluding hydrogens is 346 g/mol. The predicted molar refractivity (Wildman–Crippen MR) is 103 cm³/mol. The number of hydrogen-bond donors (Lipinski definition) is 0. The summed E-state index contributed by atoms with van der Waals surface area (Å²) in [6, 6.07) is 13.4. The summed E-state index contributed by atoms with van der Waals surface area (Å²) in [5.41, 5.74) is 4.24. The van der Waals surface area contributed by atoms with Crippen LogP contribution >= 0.6 is 0 Å². The summed E-state index contributed by atoms with van der Waals surface area (Å²) >= 11 is 0. The van der Waals surface area contributed by atoms with E-state index in [4.69, 9.17) is 5.26 Å². The lowest BCUT2D eigenvalue weighted by Crippen LogP contribution is -2.48. The average molecular weight is 369 g/mol. The molecule has 6 heteroatoms. The molecule has 0 N–H and O–H groups in total. The van der Waals surface area contributed by atoms with E-state index in [0.717, 1.165) is 22.4 Å². The molecule has 0 aromatic heterocycles. The molecule has 136 valence electrons. The summed E-state index contributed by atoms with van der Waals surface area (Å²) in [6.07, 6.45) is 0. The van der Waals surface area contributed by atoms with E-state index in [2.05, 4.69) is 11.0 Å². The molecule has 1 heterocycles. The van der Waals surface area contributed by atoms with Crippen molar-refractivity contribution in [2.45, 2.75) is 25.7 Å². The van der Waals surface area contributed by atoms with E-state index in [9.17, 15) is 8.42 Å². The van der Waals surface area contributed by atoms with Crippen LogP contribution in [0.4, 0.5) is 5.69 Å². The number of aryl methyl sites for hydroxylation is 3. The monoisotopic (exact) mass is 369 g/mol. The average Bonchev–Trinajstić information content (AvgIpc) is 2.60. The Morgan fingerprint density at radius 1 is 0.962 bits per heavy atom. The lowest BCUT2D eigenvalue weighted by atomic mass is 10.1. The molecule has 0 saturated carbocycles.